The highest BCUT2D eigenvalue weighted by Crippen LogP contribution is 2.03. The van der Waals surface area contributed by atoms with Crippen LogP contribution >= 0.6 is 34.2 Å². The summed E-state index contributed by atoms with van der Waals surface area (Å²) in [5.41, 5.74) is 1.35. The van der Waals surface area contributed by atoms with Crippen LogP contribution in [0.2, 0.25) is 0 Å². The minimum Gasteiger partial charge on any atom is -0.391 e. The van der Waals surface area contributed by atoms with Gasteiger partial charge in [-0.05, 0) is 22.6 Å². The van der Waals surface area contributed by atoms with E-state index in [2.05, 4.69) is 0 Å². The molecular formula is C3H4ClIO. The first kappa shape index (κ1) is 6.72. The first-order valence-corrected chi connectivity index (χ1v) is 2.88. The van der Waals surface area contributed by atoms with E-state index in [0.29, 0.717) is 0 Å². The SMILES string of the molecule is OC/C(I)=C/Cl. The minimum atomic E-state index is 0.0457. The molecule has 0 aliphatic carbocycles. The van der Waals surface area contributed by atoms with Crippen molar-refractivity contribution in [3.63, 3.8) is 0 Å². The van der Waals surface area contributed by atoms with Crippen LogP contribution in [0.25, 0.3) is 0 Å². The molecule has 0 unspecified atom stereocenters. The Labute approximate surface area is 55.1 Å². The van der Waals surface area contributed by atoms with Crippen molar-refractivity contribution < 1.29 is 5.11 Å². The number of aliphatic hydroxyl groups is 1. The van der Waals surface area contributed by atoms with Crippen molar-refractivity contribution in [1.82, 2.24) is 0 Å². The van der Waals surface area contributed by atoms with E-state index < -0.39 is 0 Å². The van der Waals surface area contributed by atoms with Gasteiger partial charge in [0.15, 0.2) is 0 Å². The summed E-state index contributed by atoms with van der Waals surface area (Å²) >= 11 is 7.07. The summed E-state index contributed by atoms with van der Waals surface area (Å²) in [4.78, 5) is 0. The standard InChI is InChI=1S/C3H4ClIO/c4-1-3(5)2-6/h1,6H,2H2/b3-1-. The minimum absolute atomic E-state index is 0.0457. The van der Waals surface area contributed by atoms with Crippen molar-refractivity contribution in [3.05, 3.63) is 9.12 Å². The van der Waals surface area contributed by atoms with Crippen LogP contribution in [0.4, 0.5) is 0 Å². The van der Waals surface area contributed by atoms with Crippen molar-refractivity contribution in [2.45, 2.75) is 0 Å². The molecule has 0 aromatic carbocycles. The number of rotatable bonds is 1. The normalized spacial score (nSPS) is 12.2. The van der Waals surface area contributed by atoms with E-state index >= 15 is 0 Å². The lowest BCUT2D eigenvalue weighted by molar-refractivity contribution is 0.341. The molecule has 0 heterocycles. The van der Waals surface area contributed by atoms with Crippen LogP contribution in [-0.2, 0) is 0 Å². The topological polar surface area (TPSA) is 20.2 Å². The van der Waals surface area contributed by atoms with Gasteiger partial charge in [0, 0.05) is 9.12 Å². The lowest BCUT2D eigenvalue weighted by Crippen LogP contribution is -1.74. The third-order valence-corrected chi connectivity index (χ3v) is 1.55. The van der Waals surface area contributed by atoms with Gasteiger partial charge in [-0.2, -0.15) is 0 Å². The number of aliphatic hydroxyl groups excluding tert-OH is 1. The fourth-order valence-electron chi connectivity index (χ4n) is 0.0345. The third-order valence-electron chi connectivity index (χ3n) is 0.269. The zero-order chi connectivity index (χ0) is 4.99. The molecule has 0 atom stereocenters. The van der Waals surface area contributed by atoms with Crippen LogP contribution in [0.5, 0.6) is 0 Å². The van der Waals surface area contributed by atoms with Gasteiger partial charge in [-0.15, -0.1) is 0 Å². The highest BCUT2D eigenvalue weighted by Gasteiger charge is 1.78. The first-order chi connectivity index (χ1) is 2.81. The Balaban J connectivity index is 3.22. The number of hydrogen-bond acceptors (Lipinski definition) is 1. The third kappa shape index (κ3) is 2.93. The fourth-order valence-corrected chi connectivity index (χ4v) is 0.104. The van der Waals surface area contributed by atoms with Crippen LogP contribution in [0.3, 0.4) is 0 Å². The Morgan fingerprint density at radius 3 is 2.50 bits per heavy atom. The molecule has 0 fully saturated rings. The van der Waals surface area contributed by atoms with Gasteiger partial charge in [0.2, 0.25) is 0 Å². The zero-order valence-electron chi connectivity index (χ0n) is 2.99. The predicted octanol–water partition coefficient (Wildman–Crippen LogP) is 1.49. The monoisotopic (exact) mass is 218 g/mol. The smallest absolute Gasteiger partial charge is 0.0747 e. The summed E-state index contributed by atoms with van der Waals surface area (Å²) in [5.74, 6) is 0. The molecule has 0 aliphatic heterocycles. The summed E-state index contributed by atoms with van der Waals surface area (Å²) < 4.78 is 0.759. The van der Waals surface area contributed by atoms with Crippen LogP contribution in [0.15, 0.2) is 9.12 Å². The van der Waals surface area contributed by atoms with Crippen molar-refractivity contribution in [2.24, 2.45) is 0 Å². The van der Waals surface area contributed by atoms with Crippen LogP contribution < -0.4 is 0 Å². The molecule has 36 valence electrons. The molecule has 3 heteroatoms. The maximum Gasteiger partial charge on any atom is 0.0747 e. The van der Waals surface area contributed by atoms with Crippen LogP contribution in [-0.4, -0.2) is 11.7 Å². The molecule has 0 aromatic rings. The summed E-state index contributed by atoms with van der Waals surface area (Å²) in [6.45, 7) is 0.0457. The fraction of sp³-hybridized carbons (Fsp3) is 0.333. The van der Waals surface area contributed by atoms with Gasteiger partial charge in [0.1, 0.15) is 0 Å². The number of hydrogen-bond donors (Lipinski definition) is 1. The summed E-state index contributed by atoms with van der Waals surface area (Å²) in [6, 6.07) is 0. The van der Waals surface area contributed by atoms with Gasteiger partial charge in [-0.25, -0.2) is 0 Å². The molecule has 0 aliphatic rings. The van der Waals surface area contributed by atoms with Crippen molar-refractivity contribution >= 4 is 34.2 Å². The predicted molar refractivity (Wildman–Crippen MR) is 35.0 cm³/mol. The quantitative estimate of drug-likeness (QED) is 0.661. The zero-order valence-corrected chi connectivity index (χ0v) is 5.90. The summed E-state index contributed by atoms with van der Waals surface area (Å²) in [6.07, 6.45) is 0. The Kier molecular flexibility index (Phi) is 4.36. The average Bonchev–Trinajstić information content (AvgIpc) is 1.65. The Hall–Kier alpha value is 0.720. The molecule has 0 bridgehead atoms. The highest BCUT2D eigenvalue weighted by atomic mass is 127. The van der Waals surface area contributed by atoms with Gasteiger partial charge in [0.25, 0.3) is 0 Å². The molecule has 0 saturated heterocycles. The van der Waals surface area contributed by atoms with Gasteiger partial charge < -0.3 is 5.11 Å². The van der Waals surface area contributed by atoms with Crippen molar-refractivity contribution in [2.75, 3.05) is 6.61 Å². The summed E-state index contributed by atoms with van der Waals surface area (Å²) in [5, 5.41) is 8.17. The van der Waals surface area contributed by atoms with E-state index in [4.69, 9.17) is 16.7 Å². The lowest BCUT2D eigenvalue weighted by atomic mass is 10.7. The second-order valence-electron chi connectivity index (χ2n) is 0.714. The van der Waals surface area contributed by atoms with E-state index in [9.17, 15) is 0 Å². The molecule has 1 nitrogen and oxygen atoms in total. The van der Waals surface area contributed by atoms with E-state index in [0.717, 1.165) is 3.58 Å². The van der Waals surface area contributed by atoms with E-state index in [1.807, 2.05) is 22.6 Å². The maximum absolute atomic E-state index is 8.17. The second kappa shape index (κ2) is 3.89. The Morgan fingerprint density at radius 1 is 2.00 bits per heavy atom. The lowest BCUT2D eigenvalue weighted by Gasteiger charge is -1.80. The summed E-state index contributed by atoms with van der Waals surface area (Å²) in [7, 11) is 0. The van der Waals surface area contributed by atoms with Gasteiger partial charge in [-0.3, -0.25) is 0 Å². The Bertz CT molecular complexity index is 61.8. The molecule has 1 N–H and O–H groups in total. The highest BCUT2D eigenvalue weighted by molar-refractivity contribution is 14.1. The van der Waals surface area contributed by atoms with Gasteiger partial charge >= 0.3 is 0 Å². The van der Waals surface area contributed by atoms with Crippen molar-refractivity contribution in [3.8, 4) is 0 Å². The largest absolute Gasteiger partial charge is 0.391 e. The van der Waals surface area contributed by atoms with E-state index in [-0.39, 0.29) is 6.61 Å². The molecule has 0 spiro atoms. The van der Waals surface area contributed by atoms with Crippen molar-refractivity contribution in [1.29, 1.82) is 0 Å². The molecule has 0 radical (unpaired) electrons. The molecule has 0 saturated carbocycles. The van der Waals surface area contributed by atoms with E-state index in [1.165, 1.54) is 5.54 Å². The first-order valence-electron chi connectivity index (χ1n) is 1.37. The second-order valence-corrected chi connectivity index (χ2v) is 2.32. The van der Waals surface area contributed by atoms with Gasteiger partial charge in [-0.1, -0.05) is 11.6 Å². The molecule has 6 heavy (non-hydrogen) atoms. The van der Waals surface area contributed by atoms with E-state index in [1.54, 1.807) is 0 Å². The average molecular weight is 218 g/mol. The van der Waals surface area contributed by atoms with Gasteiger partial charge in [0.05, 0.1) is 6.61 Å². The van der Waals surface area contributed by atoms with Crippen LogP contribution in [0, 0.1) is 0 Å². The molecular weight excluding hydrogens is 214 g/mol. The number of halogens is 2. The maximum atomic E-state index is 8.17. The molecule has 0 amide bonds. The Morgan fingerprint density at radius 2 is 2.50 bits per heavy atom. The van der Waals surface area contributed by atoms with Crippen LogP contribution in [0.1, 0.15) is 0 Å². The molecule has 0 aromatic heterocycles. The molecule has 0 rings (SSSR count).